The monoisotopic (exact) mass is 351 g/mol. The van der Waals surface area contributed by atoms with Gasteiger partial charge in [0.2, 0.25) is 5.91 Å². The molecule has 7 heteroatoms. The molecule has 0 spiro atoms. The third-order valence-corrected chi connectivity index (χ3v) is 6.92. The molecule has 0 aromatic carbocycles. The van der Waals surface area contributed by atoms with Crippen LogP contribution < -0.4 is 5.32 Å². The fourth-order valence-corrected chi connectivity index (χ4v) is 5.37. The van der Waals surface area contributed by atoms with Crippen LogP contribution in [0.15, 0.2) is 18.3 Å². The number of carbonyl (C=O) groups excluding carboxylic acids is 1. The smallest absolute Gasteiger partial charge is 0.223 e. The molecular formula is C17H25N3O3S. The molecule has 2 saturated heterocycles. The maximum atomic E-state index is 12.4. The van der Waals surface area contributed by atoms with Crippen molar-refractivity contribution in [2.45, 2.75) is 38.8 Å². The number of carbonyl (C=O) groups is 1. The molecule has 3 heterocycles. The van der Waals surface area contributed by atoms with Gasteiger partial charge >= 0.3 is 0 Å². The van der Waals surface area contributed by atoms with Crippen molar-refractivity contribution in [1.29, 1.82) is 0 Å². The Morgan fingerprint density at radius 2 is 2.08 bits per heavy atom. The molecule has 24 heavy (non-hydrogen) atoms. The van der Waals surface area contributed by atoms with Crippen LogP contribution in [0.2, 0.25) is 0 Å². The van der Waals surface area contributed by atoms with Gasteiger partial charge in [-0.3, -0.25) is 14.7 Å². The summed E-state index contributed by atoms with van der Waals surface area (Å²) in [4.78, 5) is 18.9. The zero-order chi connectivity index (χ0) is 17.2. The molecule has 2 fully saturated rings. The van der Waals surface area contributed by atoms with Gasteiger partial charge in [0.1, 0.15) is 0 Å². The first-order valence-electron chi connectivity index (χ1n) is 8.57. The molecule has 0 aliphatic carbocycles. The number of nitrogens with one attached hydrogen (secondary N) is 1. The van der Waals surface area contributed by atoms with E-state index in [4.69, 9.17) is 0 Å². The SMILES string of the molecule is Cc1cccnc1CNC(=O)C1CCN(C2CCS(=O)(=O)C2)CC1. The summed E-state index contributed by atoms with van der Waals surface area (Å²) in [5.41, 5.74) is 1.98. The molecule has 0 bridgehead atoms. The minimum Gasteiger partial charge on any atom is -0.350 e. The molecule has 6 nitrogen and oxygen atoms in total. The molecular weight excluding hydrogens is 326 g/mol. The standard InChI is InChI=1S/C17H25N3O3S/c1-13-3-2-7-18-16(13)11-19-17(21)14-4-8-20(9-5-14)15-6-10-24(22,23)12-15/h2-3,7,14-15H,4-6,8-12H2,1H3,(H,19,21). The summed E-state index contributed by atoms with van der Waals surface area (Å²) in [6, 6.07) is 4.03. The number of likely N-dealkylation sites (tertiary alicyclic amines) is 1. The Kier molecular flexibility index (Phi) is 5.20. The maximum absolute atomic E-state index is 12.4. The number of nitrogens with zero attached hydrogens (tertiary/aromatic N) is 2. The van der Waals surface area contributed by atoms with Crippen molar-refractivity contribution in [3.63, 3.8) is 0 Å². The van der Waals surface area contributed by atoms with E-state index in [9.17, 15) is 13.2 Å². The second kappa shape index (κ2) is 7.19. The molecule has 2 aliphatic heterocycles. The van der Waals surface area contributed by atoms with Crippen LogP contribution in [0.3, 0.4) is 0 Å². The van der Waals surface area contributed by atoms with Crippen LogP contribution in [-0.4, -0.2) is 54.8 Å². The summed E-state index contributed by atoms with van der Waals surface area (Å²) >= 11 is 0. The number of aryl methyl sites for hydroxylation is 1. The summed E-state index contributed by atoms with van der Waals surface area (Å²) in [6.07, 6.45) is 4.06. The third kappa shape index (κ3) is 4.13. The van der Waals surface area contributed by atoms with Crippen molar-refractivity contribution in [3.05, 3.63) is 29.6 Å². The van der Waals surface area contributed by atoms with Gasteiger partial charge in [0.25, 0.3) is 0 Å². The van der Waals surface area contributed by atoms with Crippen LogP contribution in [0.25, 0.3) is 0 Å². The largest absolute Gasteiger partial charge is 0.350 e. The van der Waals surface area contributed by atoms with Crippen LogP contribution in [0.5, 0.6) is 0 Å². The predicted octanol–water partition coefficient (Wildman–Crippen LogP) is 0.905. The highest BCUT2D eigenvalue weighted by atomic mass is 32.2. The van der Waals surface area contributed by atoms with Gasteiger partial charge in [-0.1, -0.05) is 6.07 Å². The Bertz CT molecular complexity index is 697. The van der Waals surface area contributed by atoms with E-state index < -0.39 is 9.84 Å². The molecule has 1 unspecified atom stereocenters. The first kappa shape index (κ1) is 17.4. The lowest BCUT2D eigenvalue weighted by Crippen LogP contribution is -2.45. The molecule has 1 amide bonds. The Morgan fingerprint density at radius 1 is 1.33 bits per heavy atom. The maximum Gasteiger partial charge on any atom is 0.223 e. The van der Waals surface area contributed by atoms with E-state index >= 15 is 0 Å². The van der Waals surface area contributed by atoms with Gasteiger partial charge in [-0.15, -0.1) is 0 Å². The van der Waals surface area contributed by atoms with Crippen LogP contribution in [0, 0.1) is 12.8 Å². The molecule has 1 aromatic heterocycles. The predicted molar refractivity (Wildman–Crippen MR) is 92.2 cm³/mol. The summed E-state index contributed by atoms with van der Waals surface area (Å²) in [6.45, 7) is 4.07. The Morgan fingerprint density at radius 3 is 2.71 bits per heavy atom. The Balaban J connectivity index is 1.46. The number of rotatable bonds is 4. The molecule has 0 saturated carbocycles. The van der Waals surface area contributed by atoms with Crippen molar-refractivity contribution < 1.29 is 13.2 Å². The topological polar surface area (TPSA) is 79.4 Å². The normalized spacial score (nSPS) is 24.8. The number of pyridine rings is 1. The molecule has 132 valence electrons. The molecule has 1 aromatic rings. The lowest BCUT2D eigenvalue weighted by atomic mass is 9.94. The van der Waals surface area contributed by atoms with Gasteiger partial charge < -0.3 is 5.32 Å². The highest BCUT2D eigenvalue weighted by molar-refractivity contribution is 7.91. The van der Waals surface area contributed by atoms with Crippen LogP contribution in [0.4, 0.5) is 0 Å². The highest BCUT2D eigenvalue weighted by Gasteiger charge is 2.35. The second-order valence-electron chi connectivity index (χ2n) is 6.85. The van der Waals surface area contributed by atoms with Crippen molar-refractivity contribution in [3.8, 4) is 0 Å². The molecule has 0 radical (unpaired) electrons. The van der Waals surface area contributed by atoms with Gasteiger partial charge in [-0.05, 0) is 50.9 Å². The molecule has 1 atom stereocenters. The van der Waals surface area contributed by atoms with Gasteiger partial charge in [0.15, 0.2) is 9.84 Å². The van der Waals surface area contributed by atoms with E-state index in [0.29, 0.717) is 12.3 Å². The zero-order valence-corrected chi connectivity index (χ0v) is 14.9. The van der Waals surface area contributed by atoms with Gasteiger partial charge in [-0.25, -0.2) is 8.42 Å². The quantitative estimate of drug-likeness (QED) is 0.872. The molecule has 2 aliphatic rings. The van der Waals surface area contributed by atoms with Crippen LogP contribution >= 0.6 is 0 Å². The lowest BCUT2D eigenvalue weighted by molar-refractivity contribution is -0.126. The number of amides is 1. The summed E-state index contributed by atoms with van der Waals surface area (Å²) < 4.78 is 23.2. The van der Waals surface area contributed by atoms with Crippen molar-refractivity contribution in [2.75, 3.05) is 24.6 Å². The lowest BCUT2D eigenvalue weighted by Gasteiger charge is -2.34. The number of hydrogen-bond donors (Lipinski definition) is 1. The highest BCUT2D eigenvalue weighted by Crippen LogP contribution is 2.24. The van der Waals surface area contributed by atoms with E-state index in [2.05, 4.69) is 15.2 Å². The van der Waals surface area contributed by atoms with Crippen molar-refractivity contribution in [2.24, 2.45) is 5.92 Å². The number of sulfone groups is 1. The van der Waals surface area contributed by atoms with Gasteiger partial charge in [0.05, 0.1) is 23.7 Å². The first-order valence-corrected chi connectivity index (χ1v) is 10.4. The minimum absolute atomic E-state index is 0.0169. The van der Waals surface area contributed by atoms with E-state index in [1.54, 1.807) is 6.20 Å². The number of aromatic nitrogens is 1. The zero-order valence-electron chi connectivity index (χ0n) is 14.1. The Hall–Kier alpha value is -1.47. The summed E-state index contributed by atoms with van der Waals surface area (Å²) in [5.74, 6) is 0.687. The molecule has 3 rings (SSSR count). The summed E-state index contributed by atoms with van der Waals surface area (Å²) in [5, 5.41) is 2.99. The van der Waals surface area contributed by atoms with E-state index in [1.165, 1.54) is 0 Å². The average molecular weight is 351 g/mol. The van der Waals surface area contributed by atoms with Gasteiger partial charge in [-0.2, -0.15) is 0 Å². The third-order valence-electron chi connectivity index (χ3n) is 5.17. The van der Waals surface area contributed by atoms with Gasteiger partial charge in [0, 0.05) is 18.2 Å². The minimum atomic E-state index is -2.85. The molecule has 1 N–H and O–H groups in total. The number of hydrogen-bond acceptors (Lipinski definition) is 5. The van der Waals surface area contributed by atoms with Crippen LogP contribution in [0.1, 0.15) is 30.5 Å². The van der Waals surface area contributed by atoms with Crippen molar-refractivity contribution >= 4 is 15.7 Å². The van der Waals surface area contributed by atoms with Crippen LogP contribution in [-0.2, 0) is 21.2 Å². The van der Waals surface area contributed by atoms with E-state index in [0.717, 1.165) is 43.6 Å². The Labute approximate surface area is 143 Å². The van der Waals surface area contributed by atoms with E-state index in [-0.39, 0.29) is 23.6 Å². The number of piperidine rings is 1. The van der Waals surface area contributed by atoms with Crippen molar-refractivity contribution in [1.82, 2.24) is 15.2 Å². The second-order valence-corrected chi connectivity index (χ2v) is 9.08. The van der Waals surface area contributed by atoms with E-state index in [1.807, 2.05) is 19.1 Å². The fourth-order valence-electron chi connectivity index (χ4n) is 3.61. The fraction of sp³-hybridized carbons (Fsp3) is 0.647. The first-order chi connectivity index (χ1) is 11.4. The summed E-state index contributed by atoms with van der Waals surface area (Å²) in [7, 11) is -2.85. The average Bonchev–Trinajstić information content (AvgIpc) is 2.94.